The van der Waals surface area contributed by atoms with Gasteiger partial charge >= 0.3 is 0 Å². The number of carbonyl (C=O) groups is 1. The van der Waals surface area contributed by atoms with Gasteiger partial charge in [0.05, 0.1) is 6.54 Å². The molecule has 0 saturated heterocycles. The van der Waals surface area contributed by atoms with Crippen molar-refractivity contribution in [2.75, 3.05) is 18.0 Å². The number of para-hydroxylation sites is 1. The maximum atomic E-state index is 13.5. The summed E-state index contributed by atoms with van der Waals surface area (Å²) >= 11 is 0. The van der Waals surface area contributed by atoms with Crippen LogP contribution in [0.4, 0.5) is 10.1 Å². The lowest BCUT2D eigenvalue weighted by atomic mass is 10.0. The second-order valence-corrected chi connectivity index (χ2v) is 5.52. The first-order valence-electron chi connectivity index (χ1n) is 7.57. The lowest BCUT2D eigenvalue weighted by molar-refractivity contribution is -0.119. The Morgan fingerprint density at radius 2 is 1.91 bits per heavy atom. The average Bonchev–Trinajstić information content (AvgIpc) is 2.54. The quantitative estimate of drug-likeness (QED) is 0.941. The molecule has 1 amide bonds. The second kappa shape index (κ2) is 6.60. The van der Waals surface area contributed by atoms with E-state index in [0.29, 0.717) is 12.1 Å². The van der Waals surface area contributed by atoms with Crippen LogP contribution in [-0.4, -0.2) is 19.0 Å². The van der Waals surface area contributed by atoms with Crippen molar-refractivity contribution in [2.45, 2.75) is 19.4 Å². The minimum Gasteiger partial charge on any atom is -0.362 e. The maximum absolute atomic E-state index is 13.5. The van der Waals surface area contributed by atoms with Crippen molar-refractivity contribution >= 4 is 11.6 Å². The fraction of sp³-hybridized carbons (Fsp3) is 0.278. The fourth-order valence-corrected chi connectivity index (χ4v) is 2.84. The number of amides is 1. The van der Waals surface area contributed by atoms with E-state index < -0.39 is 0 Å². The summed E-state index contributed by atoms with van der Waals surface area (Å²) in [5, 5.41) is 2.80. The van der Waals surface area contributed by atoms with Gasteiger partial charge < -0.3 is 10.2 Å². The molecule has 1 heterocycles. The number of hydrogen-bond acceptors (Lipinski definition) is 2. The molecule has 0 radical (unpaired) electrons. The molecule has 1 aliphatic heterocycles. The minimum absolute atomic E-state index is 0.0834. The van der Waals surface area contributed by atoms with Gasteiger partial charge in [-0.15, -0.1) is 0 Å². The van der Waals surface area contributed by atoms with Crippen molar-refractivity contribution in [1.82, 2.24) is 5.32 Å². The normalized spacial score (nSPS) is 13.6. The van der Waals surface area contributed by atoms with Gasteiger partial charge in [0, 0.05) is 24.3 Å². The number of anilines is 1. The number of aryl methyl sites for hydroxylation is 1. The van der Waals surface area contributed by atoms with Crippen LogP contribution in [0.2, 0.25) is 0 Å². The molecule has 4 heteroatoms. The number of nitrogens with one attached hydrogen (secondary N) is 1. The Balaban J connectivity index is 1.60. The van der Waals surface area contributed by atoms with E-state index in [-0.39, 0.29) is 18.3 Å². The molecule has 0 aromatic heterocycles. The first-order chi connectivity index (χ1) is 10.7. The molecule has 0 saturated carbocycles. The first-order valence-corrected chi connectivity index (χ1v) is 7.57. The van der Waals surface area contributed by atoms with Crippen LogP contribution in [0.3, 0.4) is 0 Å². The highest BCUT2D eigenvalue weighted by atomic mass is 19.1. The summed E-state index contributed by atoms with van der Waals surface area (Å²) in [6, 6.07) is 14.7. The zero-order valence-electron chi connectivity index (χ0n) is 12.4. The zero-order chi connectivity index (χ0) is 15.4. The molecule has 1 aliphatic rings. The summed E-state index contributed by atoms with van der Waals surface area (Å²) in [5.74, 6) is -0.369. The van der Waals surface area contributed by atoms with Gasteiger partial charge in [-0.1, -0.05) is 36.4 Å². The molecule has 0 unspecified atom stereocenters. The lowest BCUT2D eigenvalue weighted by Gasteiger charge is -2.30. The van der Waals surface area contributed by atoms with Crippen molar-refractivity contribution in [3.05, 3.63) is 65.5 Å². The van der Waals surface area contributed by atoms with E-state index in [1.807, 2.05) is 12.1 Å². The lowest BCUT2D eigenvalue weighted by Crippen LogP contribution is -2.39. The molecule has 0 aliphatic carbocycles. The molecule has 22 heavy (non-hydrogen) atoms. The molecule has 1 N–H and O–H groups in total. The predicted molar refractivity (Wildman–Crippen MR) is 85.2 cm³/mol. The number of nitrogens with zero attached hydrogens (tertiary/aromatic N) is 1. The van der Waals surface area contributed by atoms with Gasteiger partial charge in [0.2, 0.25) is 5.91 Å². The average molecular weight is 298 g/mol. The van der Waals surface area contributed by atoms with Crippen molar-refractivity contribution in [1.29, 1.82) is 0 Å². The maximum Gasteiger partial charge on any atom is 0.239 e. The van der Waals surface area contributed by atoms with Crippen LogP contribution in [0.5, 0.6) is 0 Å². The Hall–Kier alpha value is -2.36. The fourth-order valence-electron chi connectivity index (χ4n) is 2.84. The summed E-state index contributed by atoms with van der Waals surface area (Å²) in [5.41, 5.74) is 2.93. The van der Waals surface area contributed by atoms with Crippen LogP contribution in [-0.2, 0) is 17.8 Å². The molecular weight excluding hydrogens is 279 g/mol. The Morgan fingerprint density at radius 1 is 1.14 bits per heavy atom. The Bertz CT molecular complexity index is 672. The highest BCUT2D eigenvalue weighted by Crippen LogP contribution is 2.26. The van der Waals surface area contributed by atoms with E-state index in [1.165, 1.54) is 11.6 Å². The van der Waals surface area contributed by atoms with Gasteiger partial charge in [0.15, 0.2) is 0 Å². The molecular formula is C18H19FN2O. The van der Waals surface area contributed by atoms with Crippen LogP contribution in [0.1, 0.15) is 17.5 Å². The molecule has 0 bridgehead atoms. The van der Waals surface area contributed by atoms with Crippen LogP contribution < -0.4 is 10.2 Å². The summed E-state index contributed by atoms with van der Waals surface area (Å²) in [4.78, 5) is 14.2. The minimum atomic E-state index is -0.286. The Kier molecular flexibility index (Phi) is 4.37. The van der Waals surface area contributed by atoms with E-state index in [2.05, 4.69) is 22.3 Å². The van der Waals surface area contributed by atoms with Crippen molar-refractivity contribution in [2.24, 2.45) is 0 Å². The molecule has 0 spiro atoms. The van der Waals surface area contributed by atoms with E-state index in [0.717, 1.165) is 25.1 Å². The summed E-state index contributed by atoms with van der Waals surface area (Å²) in [6.45, 7) is 1.41. The van der Waals surface area contributed by atoms with E-state index in [1.54, 1.807) is 18.2 Å². The third kappa shape index (κ3) is 3.27. The number of benzene rings is 2. The second-order valence-electron chi connectivity index (χ2n) is 5.52. The SMILES string of the molecule is O=C(CN1CCCc2ccccc21)NCc1ccccc1F. The van der Waals surface area contributed by atoms with Gasteiger partial charge in [0.1, 0.15) is 5.82 Å². The third-order valence-corrected chi connectivity index (χ3v) is 3.97. The van der Waals surface area contributed by atoms with E-state index >= 15 is 0 Å². The number of carbonyl (C=O) groups excluding carboxylic acids is 1. The van der Waals surface area contributed by atoms with Crippen LogP contribution >= 0.6 is 0 Å². The number of fused-ring (bicyclic) bond motifs is 1. The van der Waals surface area contributed by atoms with Crippen LogP contribution in [0.25, 0.3) is 0 Å². The zero-order valence-corrected chi connectivity index (χ0v) is 12.4. The van der Waals surface area contributed by atoms with Crippen LogP contribution in [0, 0.1) is 5.82 Å². The molecule has 0 atom stereocenters. The van der Waals surface area contributed by atoms with Crippen molar-refractivity contribution < 1.29 is 9.18 Å². The predicted octanol–water partition coefficient (Wildman–Crippen LogP) is 2.89. The van der Waals surface area contributed by atoms with Gasteiger partial charge in [-0.05, 0) is 30.5 Å². The van der Waals surface area contributed by atoms with Gasteiger partial charge in [0.25, 0.3) is 0 Å². The molecule has 0 fully saturated rings. The first kappa shape index (κ1) is 14.6. The molecule has 114 valence electrons. The Labute approximate surface area is 129 Å². The number of rotatable bonds is 4. The number of hydrogen-bond donors (Lipinski definition) is 1. The number of halogens is 1. The van der Waals surface area contributed by atoms with Crippen molar-refractivity contribution in [3.8, 4) is 0 Å². The highest BCUT2D eigenvalue weighted by Gasteiger charge is 2.18. The highest BCUT2D eigenvalue weighted by molar-refractivity contribution is 5.81. The van der Waals surface area contributed by atoms with E-state index in [4.69, 9.17) is 0 Å². The third-order valence-electron chi connectivity index (χ3n) is 3.97. The molecule has 2 aromatic rings. The topological polar surface area (TPSA) is 32.3 Å². The van der Waals surface area contributed by atoms with Gasteiger partial charge in [-0.3, -0.25) is 4.79 Å². The van der Waals surface area contributed by atoms with Gasteiger partial charge in [-0.2, -0.15) is 0 Å². The van der Waals surface area contributed by atoms with Crippen molar-refractivity contribution in [3.63, 3.8) is 0 Å². The summed E-state index contributed by atoms with van der Waals surface area (Å²) < 4.78 is 13.5. The Morgan fingerprint density at radius 3 is 2.77 bits per heavy atom. The largest absolute Gasteiger partial charge is 0.362 e. The molecule has 2 aromatic carbocycles. The molecule has 3 rings (SSSR count). The molecule has 3 nitrogen and oxygen atoms in total. The summed E-state index contributed by atoms with van der Waals surface area (Å²) in [6.07, 6.45) is 2.11. The summed E-state index contributed by atoms with van der Waals surface area (Å²) in [7, 11) is 0. The standard InChI is InChI=1S/C18H19FN2O/c19-16-9-3-1-7-15(16)12-20-18(22)13-21-11-5-8-14-6-2-4-10-17(14)21/h1-4,6-7,9-10H,5,8,11-13H2,(H,20,22). The van der Waals surface area contributed by atoms with E-state index in [9.17, 15) is 9.18 Å². The van der Waals surface area contributed by atoms with Crippen LogP contribution in [0.15, 0.2) is 48.5 Å². The van der Waals surface area contributed by atoms with Gasteiger partial charge in [-0.25, -0.2) is 4.39 Å². The monoisotopic (exact) mass is 298 g/mol. The smallest absolute Gasteiger partial charge is 0.239 e.